The van der Waals surface area contributed by atoms with Crippen molar-refractivity contribution < 1.29 is 5.06 Å². The fourth-order valence-electron chi connectivity index (χ4n) is 1.18. The highest BCUT2D eigenvalue weighted by atomic mass is 16.5. The number of benzene rings is 1. The second kappa shape index (κ2) is 4.56. The van der Waals surface area contributed by atoms with Crippen molar-refractivity contribution in [2.45, 2.75) is 6.92 Å². The number of rotatable bonds is 2. The van der Waals surface area contributed by atoms with Crippen LogP contribution in [-0.4, -0.2) is 7.05 Å². The molecular weight excluding hydrogens is 176 g/mol. The molecule has 0 spiro atoms. The first-order chi connectivity index (χ1) is 6.69. The van der Waals surface area contributed by atoms with E-state index in [1.54, 1.807) is 30.3 Å². The summed E-state index contributed by atoms with van der Waals surface area (Å²) in [5.74, 6) is 0. The van der Waals surface area contributed by atoms with Crippen LogP contribution in [0.4, 0.5) is 5.69 Å². The summed E-state index contributed by atoms with van der Waals surface area (Å²) >= 11 is 0. The molecule has 1 aromatic carbocycles. The van der Waals surface area contributed by atoms with Gasteiger partial charge in [0, 0.05) is 0 Å². The van der Waals surface area contributed by atoms with Crippen molar-refractivity contribution in [2.24, 2.45) is 0 Å². The van der Waals surface area contributed by atoms with E-state index in [4.69, 9.17) is 5.26 Å². The van der Waals surface area contributed by atoms with Gasteiger partial charge in [-0.25, -0.2) is 0 Å². The zero-order valence-electron chi connectivity index (χ0n) is 8.24. The predicted octanol–water partition coefficient (Wildman–Crippen LogP) is 1.26. The van der Waals surface area contributed by atoms with E-state index in [0.29, 0.717) is 11.3 Å². The molecule has 0 aromatic heterocycles. The standard InChI is InChI=1S/C11H12N2O/c1-3-9(8-12)10-4-6-11(7-5-10)13(2)14/h3-7,13H,1-2H3/b9-3-. The highest BCUT2D eigenvalue weighted by Gasteiger charge is 2.00. The highest BCUT2D eigenvalue weighted by Crippen LogP contribution is 2.14. The largest absolute Gasteiger partial charge is 0.629 e. The molecule has 1 atom stereocenters. The molecule has 14 heavy (non-hydrogen) atoms. The van der Waals surface area contributed by atoms with Crippen molar-refractivity contribution in [1.82, 2.24) is 0 Å². The quantitative estimate of drug-likeness (QED) is 0.561. The summed E-state index contributed by atoms with van der Waals surface area (Å²) in [5, 5.41) is 19.8. The Labute approximate surface area is 83.5 Å². The van der Waals surface area contributed by atoms with Gasteiger partial charge in [-0.05, 0) is 36.8 Å². The normalized spacial score (nSPS) is 13.4. The number of allylic oxidation sites excluding steroid dienone is 2. The van der Waals surface area contributed by atoms with Crippen molar-refractivity contribution in [2.75, 3.05) is 7.05 Å². The minimum Gasteiger partial charge on any atom is -0.629 e. The van der Waals surface area contributed by atoms with Gasteiger partial charge in [0.2, 0.25) is 0 Å². The fourth-order valence-corrected chi connectivity index (χ4v) is 1.18. The van der Waals surface area contributed by atoms with E-state index in [1.165, 1.54) is 7.05 Å². The van der Waals surface area contributed by atoms with Crippen LogP contribution in [0.2, 0.25) is 0 Å². The Bertz CT molecular complexity index is 371. The van der Waals surface area contributed by atoms with Gasteiger partial charge in [-0.15, -0.1) is 0 Å². The van der Waals surface area contributed by atoms with Crippen molar-refractivity contribution in [3.63, 3.8) is 0 Å². The number of nitrogens with zero attached hydrogens (tertiary/aromatic N) is 1. The number of nitriles is 1. The van der Waals surface area contributed by atoms with E-state index < -0.39 is 0 Å². The summed E-state index contributed by atoms with van der Waals surface area (Å²) in [7, 11) is 1.52. The number of hydrogen-bond acceptors (Lipinski definition) is 2. The van der Waals surface area contributed by atoms with Gasteiger partial charge >= 0.3 is 0 Å². The molecule has 0 fully saturated rings. The summed E-state index contributed by atoms with van der Waals surface area (Å²) < 4.78 is 0. The number of quaternary nitrogens is 1. The lowest BCUT2D eigenvalue weighted by Gasteiger charge is -2.15. The summed E-state index contributed by atoms with van der Waals surface area (Å²) in [6, 6.07) is 9.14. The van der Waals surface area contributed by atoms with Crippen molar-refractivity contribution >= 4 is 11.3 Å². The van der Waals surface area contributed by atoms with Gasteiger partial charge in [-0.3, -0.25) is 0 Å². The van der Waals surface area contributed by atoms with Crippen LogP contribution in [0.25, 0.3) is 5.57 Å². The second-order valence-corrected chi connectivity index (χ2v) is 2.95. The molecule has 0 amide bonds. The van der Waals surface area contributed by atoms with Crippen LogP contribution in [-0.2, 0) is 0 Å². The lowest BCUT2D eigenvalue weighted by atomic mass is 10.1. The van der Waals surface area contributed by atoms with E-state index in [1.807, 2.05) is 6.92 Å². The zero-order valence-corrected chi connectivity index (χ0v) is 8.24. The smallest absolute Gasteiger partial charge is 0.131 e. The van der Waals surface area contributed by atoms with Gasteiger partial charge in [-0.1, -0.05) is 6.08 Å². The van der Waals surface area contributed by atoms with Crippen LogP contribution in [0.5, 0.6) is 0 Å². The van der Waals surface area contributed by atoms with Crippen LogP contribution in [0.3, 0.4) is 0 Å². The molecule has 3 nitrogen and oxygen atoms in total. The maximum Gasteiger partial charge on any atom is 0.131 e. The van der Waals surface area contributed by atoms with Crippen LogP contribution < -0.4 is 5.06 Å². The topological polar surface area (TPSA) is 51.3 Å². The molecule has 1 unspecified atom stereocenters. The fraction of sp³-hybridized carbons (Fsp3) is 0.182. The first kappa shape index (κ1) is 10.5. The summed E-state index contributed by atoms with van der Waals surface area (Å²) in [4.78, 5) is 0. The predicted molar refractivity (Wildman–Crippen MR) is 55.6 cm³/mol. The van der Waals surface area contributed by atoms with Gasteiger partial charge < -0.3 is 10.3 Å². The molecule has 0 aliphatic carbocycles. The van der Waals surface area contributed by atoms with Crippen molar-refractivity contribution in [3.05, 3.63) is 41.1 Å². The second-order valence-electron chi connectivity index (χ2n) is 2.95. The van der Waals surface area contributed by atoms with Crippen LogP contribution in [0.15, 0.2) is 30.3 Å². The van der Waals surface area contributed by atoms with Crippen LogP contribution in [0, 0.1) is 16.5 Å². The molecule has 0 heterocycles. The minimum atomic E-state index is 0.0375. The third-order valence-electron chi connectivity index (χ3n) is 2.01. The first-order valence-corrected chi connectivity index (χ1v) is 4.37. The molecule has 0 saturated carbocycles. The lowest BCUT2D eigenvalue weighted by molar-refractivity contribution is -0.751. The van der Waals surface area contributed by atoms with E-state index in [0.717, 1.165) is 5.56 Å². The molecular formula is C11H12N2O. The molecule has 3 heteroatoms. The summed E-state index contributed by atoms with van der Waals surface area (Å²) in [5.41, 5.74) is 2.14. The molecule has 72 valence electrons. The van der Waals surface area contributed by atoms with Crippen molar-refractivity contribution in [1.29, 1.82) is 5.26 Å². The third kappa shape index (κ3) is 2.19. The van der Waals surface area contributed by atoms with E-state index >= 15 is 0 Å². The monoisotopic (exact) mass is 188 g/mol. The average Bonchev–Trinajstić information content (AvgIpc) is 2.20. The Hall–Kier alpha value is -1.63. The molecule has 1 N–H and O–H groups in total. The molecule has 1 aromatic rings. The zero-order chi connectivity index (χ0) is 10.6. The Morgan fingerprint density at radius 1 is 1.43 bits per heavy atom. The maximum atomic E-state index is 11.0. The molecule has 0 aliphatic rings. The number of hydroxylamine groups is 1. The summed E-state index contributed by atoms with van der Waals surface area (Å²) in [6.45, 7) is 1.82. The van der Waals surface area contributed by atoms with Gasteiger partial charge in [0.25, 0.3) is 0 Å². The first-order valence-electron chi connectivity index (χ1n) is 4.37. The maximum absolute atomic E-state index is 11.0. The Morgan fingerprint density at radius 3 is 2.36 bits per heavy atom. The number of nitrogens with one attached hydrogen (secondary N) is 1. The average molecular weight is 188 g/mol. The van der Waals surface area contributed by atoms with Crippen LogP contribution >= 0.6 is 0 Å². The van der Waals surface area contributed by atoms with Gasteiger partial charge in [0.05, 0.1) is 18.7 Å². The summed E-state index contributed by atoms with van der Waals surface area (Å²) in [6.07, 6.45) is 1.75. The third-order valence-corrected chi connectivity index (χ3v) is 2.01. The van der Waals surface area contributed by atoms with Gasteiger partial charge in [0.1, 0.15) is 5.69 Å². The Balaban J connectivity index is 3.01. The van der Waals surface area contributed by atoms with Gasteiger partial charge in [-0.2, -0.15) is 5.26 Å². The SMILES string of the molecule is C/C=C(/C#N)c1ccc([NH+](C)[O-])cc1. The molecule has 1 rings (SSSR count). The van der Waals surface area contributed by atoms with Crippen LogP contribution in [0.1, 0.15) is 12.5 Å². The molecule has 0 saturated heterocycles. The highest BCUT2D eigenvalue weighted by molar-refractivity contribution is 5.76. The minimum absolute atomic E-state index is 0.0375. The van der Waals surface area contributed by atoms with E-state index in [-0.39, 0.29) is 5.06 Å². The van der Waals surface area contributed by atoms with E-state index in [9.17, 15) is 5.21 Å². The molecule has 0 aliphatic heterocycles. The molecule has 0 radical (unpaired) electrons. The Morgan fingerprint density at radius 2 is 2.00 bits per heavy atom. The van der Waals surface area contributed by atoms with Gasteiger partial charge in [0.15, 0.2) is 0 Å². The lowest BCUT2D eigenvalue weighted by Crippen LogP contribution is -2.98. The Kier molecular flexibility index (Phi) is 3.41. The van der Waals surface area contributed by atoms with Crippen molar-refractivity contribution in [3.8, 4) is 6.07 Å². The number of hydrogen-bond donors (Lipinski definition) is 1. The van der Waals surface area contributed by atoms with E-state index in [2.05, 4.69) is 6.07 Å². The molecule has 0 bridgehead atoms.